The Morgan fingerprint density at radius 3 is 1.08 bits per heavy atom. The fourth-order valence-electron chi connectivity index (χ4n) is 6.45. The van der Waals surface area contributed by atoms with Crippen molar-refractivity contribution in [1.29, 1.82) is 0 Å². The van der Waals surface area contributed by atoms with Crippen molar-refractivity contribution in [2.24, 2.45) is 23.7 Å². The summed E-state index contributed by atoms with van der Waals surface area (Å²) in [6, 6.07) is 0. The van der Waals surface area contributed by atoms with E-state index in [0.29, 0.717) is 36.5 Å². The maximum atomic E-state index is 14.0. The molecule has 230 valence electrons. The molecule has 5 heteroatoms. The second kappa shape index (κ2) is 21.8. The van der Waals surface area contributed by atoms with Gasteiger partial charge in [0.05, 0.1) is 0 Å². The summed E-state index contributed by atoms with van der Waals surface area (Å²) in [6.45, 7) is 19.6. The molecule has 0 aromatic carbocycles. The molecule has 4 nitrogen and oxygen atoms in total. The van der Waals surface area contributed by atoms with Crippen molar-refractivity contribution in [3.8, 4) is 0 Å². The highest BCUT2D eigenvalue weighted by atomic mass is 31.2. The van der Waals surface area contributed by atoms with Gasteiger partial charge in [-0.1, -0.05) is 145 Å². The van der Waals surface area contributed by atoms with E-state index in [4.69, 9.17) is 0 Å². The van der Waals surface area contributed by atoms with Gasteiger partial charge in [0.1, 0.15) is 5.28 Å². The Bertz CT molecular complexity index is 557. The topological polar surface area (TPSA) is 60.8 Å². The molecule has 0 aromatic heterocycles. The average molecular weight is 560 g/mol. The van der Waals surface area contributed by atoms with Gasteiger partial charge in [-0.3, -0.25) is 9.46 Å². The summed E-state index contributed by atoms with van der Waals surface area (Å²) in [4.78, 5) is 25.3. The predicted molar refractivity (Wildman–Crippen MR) is 169 cm³/mol. The zero-order valence-corrected chi connectivity index (χ0v) is 28.0. The summed E-state index contributed by atoms with van der Waals surface area (Å²) in [5, 5.41) is -1.05. The van der Waals surface area contributed by atoms with Crippen LogP contribution in [-0.4, -0.2) is 33.1 Å². The van der Waals surface area contributed by atoms with E-state index in [0.717, 1.165) is 90.1 Å². The third-order valence-electron chi connectivity index (χ3n) is 9.49. The summed E-state index contributed by atoms with van der Waals surface area (Å²) in [5.74, 6) is 1.72. The Labute approximate surface area is 239 Å². The summed E-state index contributed by atoms with van der Waals surface area (Å²) < 4.78 is 14.0. The Kier molecular flexibility index (Phi) is 21.9. The SMILES string of the molecule is CCCCC(CC)CN(CC(CC)CCCC)C(CC(CC)CCCC)(CC(CC)CCCC)P(=O)(O)O. The van der Waals surface area contributed by atoms with Crippen molar-refractivity contribution < 1.29 is 14.4 Å². The van der Waals surface area contributed by atoms with Crippen molar-refractivity contribution in [3.63, 3.8) is 0 Å². The lowest BCUT2D eigenvalue weighted by Gasteiger charge is -2.49. The molecule has 0 radical (unpaired) electrons. The van der Waals surface area contributed by atoms with Crippen molar-refractivity contribution in [1.82, 2.24) is 4.90 Å². The molecule has 0 bridgehead atoms. The molecule has 0 saturated heterocycles. The Morgan fingerprint density at radius 1 is 0.553 bits per heavy atom. The summed E-state index contributed by atoms with van der Waals surface area (Å²) in [7, 11) is -4.42. The first kappa shape index (κ1) is 38.1. The third kappa shape index (κ3) is 13.6. The van der Waals surface area contributed by atoms with Gasteiger partial charge >= 0.3 is 7.60 Å². The Hall–Kier alpha value is 0.110. The standard InChI is InChI=1S/C33H70NO3P/c1-9-17-21-29(13-5)25-33(38(35,36)37,26-30(14-6)22-18-10-2)34(27-31(15-7)23-19-11-3)28-32(16-8)24-20-12-4/h29-32H,9-28H2,1-8H3,(H2,35,36,37). The molecule has 0 saturated carbocycles. The normalized spacial score (nSPS) is 17.3. The van der Waals surface area contributed by atoms with Crippen LogP contribution >= 0.6 is 7.60 Å². The van der Waals surface area contributed by atoms with Gasteiger partial charge in [0, 0.05) is 13.1 Å². The maximum absolute atomic E-state index is 14.0. The van der Waals surface area contributed by atoms with Gasteiger partial charge in [0.25, 0.3) is 0 Å². The number of hydrogen-bond acceptors (Lipinski definition) is 2. The lowest BCUT2D eigenvalue weighted by atomic mass is 9.83. The van der Waals surface area contributed by atoms with Gasteiger partial charge in [-0.2, -0.15) is 0 Å². The molecule has 0 spiro atoms. The van der Waals surface area contributed by atoms with Crippen LogP contribution in [0.25, 0.3) is 0 Å². The molecular formula is C33H70NO3P. The van der Waals surface area contributed by atoms with E-state index in [1.54, 1.807) is 0 Å². The maximum Gasteiger partial charge on any atom is 0.345 e. The quantitative estimate of drug-likeness (QED) is 0.103. The molecule has 0 rings (SSSR count). The largest absolute Gasteiger partial charge is 0.345 e. The van der Waals surface area contributed by atoms with Crippen LogP contribution < -0.4 is 0 Å². The van der Waals surface area contributed by atoms with Crippen LogP contribution in [-0.2, 0) is 4.57 Å². The molecule has 0 heterocycles. The Morgan fingerprint density at radius 2 is 0.842 bits per heavy atom. The fourth-order valence-corrected chi connectivity index (χ4v) is 7.97. The molecule has 4 atom stereocenters. The van der Waals surface area contributed by atoms with Gasteiger partial charge in [-0.25, -0.2) is 0 Å². The van der Waals surface area contributed by atoms with Crippen molar-refractivity contribution >= 4 is 7.60 Å². The van der Waals surface area contributed by atoms with Gasteiger partial charge in [0.2, 0.25) is 0 Å². The molecule has 4 unspecified atom stereocenters. The van der Waals surface area contributed by atoms with Crippen LogP contribution in [0.3, 0.4) is 0 Å². The first-order valence-electron chi connectivity index (χ1n) is 16.9. The Balaban J connectivity index is 6.83. The summed E-state index contributed by atoms with van der Waals surface area (Å²) >= 11 is 0. The van der Waals surface area contributed by atoms with Gasteiger partial charge in [-0.15, -0.1) is 0 Å². The van der Waals surface area contributed by atoms with E-state index in [1.165, 1.54) is 25.7 Å². The summed E-state index contributed by atoms with van der Waals surface area (Å²) in [6.07, 6.45) is 19.3. The fraction of sp³-hybridized carbons (Fsp3) is 1.00. The second-order valence-electron chi connectivity index (χ2n) is 12.5. The van der Waals surface area contributed by atoms with Crippen LogP contribution in [0.1, 0.15) is 171 Å². The molecule has 0 aliphatic carbocycles. The minimum atomic E-state index is -4.42. The predicted octanol–water partition coefficient (Wildman–Crippen LogP) is 10.8. The van der Waals surface area contributed by atoms with E-state index < -0.39 is 12.9 Å². The number of hydrogen-bond donors (Lipinski definition) is 2. The lowest BCUT2D eigenvalue weighted by molar-refractivity contribution is 0.0432. The number of unbranched alkanes of at least 4 members (excludes halogenated alkanes) is 4. The van der Waals surface area contributed by atoms with E-state index in [9.17, 15) is 14.4 Å². The second-order valence-corrected chi connectivity index (χ2v) is 14.4. The van der Waals surface area contributed by atoms with Gasteiger partial charge in [0.15, 0.2) is 0 Å². The first-order valence-corrected chi connectivity index (χ1v) is 18.5. The van der Waals surface area contributed by atoms with E-state index in [1.807, 2.05) is 0 Å². The molecule has 38 heavy (non-hydrogen) atoms. The highest BCUT2D eigenvalue weighted by Crippen LogP contribution is 2.60. The third-order valence-corrected chi connectivity index (χ3v) is 11.2. The van der Waals surface area contributed by atoms with Gasteiger partial charge < -0.3 is 9.79 Å². The number of rotatable bonds is 26. The number of nitrogens with zero attached hydrogens (tertiary/aromatic N) is 1. The van der Waals surface area contributed by atoms with Crippen LogP contribution in [0, 0.1) is 23.7 Å². The monoisotopic (exact) mass is 560 g/mol. The van der Waals surface area contributed by atoms with Crippen molar-refractivity contribution in [2.45, 2.75) is 176 Å². The van der Waals surface area contributed by atoms with Crippen molar-refractivity contribution in [2.75, 3.05) is 13.1 Å². The average Bonchev–Trinajstić information content (AvgIpc) is 2.90. The van der Waals surface area contributed by atoms with Crippen LogP contribution in [0.4, 0.5) is 0 Å². The minimum Gasteiger partial charge on any atom is -0.323 e. The molecule has 0 aliphatic heterocycles. The lowest BCUT2D eigenvalue weighted by Crippen LogP contribution is -2.54. The van der Waals surface area contributed by atoms with Gasteiger partial charge in [-0.05, 0) is 49.4 Å². The molecular weight excluding hydrogens is 489 g/mol. The smallest absolute Gasteiger partial charge is 0.323 e. The highest BCUT2D eigenvalue weighted by molar-refractivity contribution is 7.53. The molecule has 0 fully saturated rings. The molecule has 2 N–H and O–H groups in total. The molecule has 0 amide bonds. The van der Waals surface area contributed by atoms with Crippen LogP contribution in [0.5, 0.6) is 0 Å². The van der Waals surface area contributed by atoms with Crippen LogP contribution in [0.2, 0.25) is 0 Å². The van der Waals surface area contributed by atoms with Crippen LogP contribution in [0.15, 0.2) is 0 Å². The van der Waals surface area contributed by atoms with Crippen molar-refractivity contribution in [3.05, 3.63) is 0 Å². The zero-order valence-electron chi connectivity index (χ0n) is 27.1. The highest BCUT2D eigenvalue weighted by Gasteiger charge is 2.53. The summed E-state index contributed by atoms with van der Waals surface area (Å²) in [5.41, 5.74) is 0. The van der Waals surface area contributed by atoms with E-state index >= 15 is 0 Å². The zero-order chi connectivity index (χ0) is 29.0. The van der Waals surface area contributed by atoms with E-state index in [2.05, 4.69) is 60.3 Å². The minimum absolute atomic E-state index is 0.361. The first-order chi connectivity index (χ1) is 18.1. The molecule has 0 aliphatic rings. The molecule has 0 aromatic rings. The van der Waals surface area contributed by atoms with E-state index in [-0.39, 0.29) is 0 Å².